The number of nitrogens with one attached hydrogen (secondary N) is 7. The Bertz CT molecular complexity index is 4300. The molecule has 2 saturated carbocycles. The van der Waals surface area contributed by atoms with E-state index in [0.29, 0.717) is 50.5 Å². The Hall–Kier alpha value is -9.23. The molecule has 4 aliphatic rings. The molecule has 103 heavy (non-hydrogen) atoms. The number of carbonyl (C=O) groups excluding carboxylic acids is 3. The number of nitrogens with two attached hydrogens (primary N) is 1. The van der Waals surface area contributed by atoms with Crippen LogP contribution in [0.3, 0.4) is 0 Å². The first kappa shape index (κ1) is 74.9. The molecule has 4 aromatic heterocycles. The first-order chi connectivity index (χ1) is 49.0. The number of rotatable bonds is 17. The minimum absolute atomic E-state index is 0.0296. The van der Waals surface area contributed by atoms with Crippen LogP contribution in [-0.2, 0) is 57.1 Å². The van der Waals surface area contributed by atoms with Crippen molar-refractivity contribution in [2.75, 3.05) is 98.4 Å². The second-order valence-corrected chi connectivity index (χ2v) is 28.5. The number of anilines is 6. The van der Waals surface area contributed by atoms with Crippen molar-refractivity contribution in [1.29, 1.82) is 0 Å². The molecular weight excluding hydrogens is 1330 g/mol. The predicted octanol–water partition coefficient (Wildman–Crippen LogP) is 12.9. The summed E-state index contributed by atoms with van der Waals surface area (Å²) in [5.74, 6) is 1.65. The predicted molar refractivity (Wildman–Crippen MR) is 389 cm³/mol. The van der Waals surface area contributed by atoms with E-state index in [0.717, 1.165) is 152 Å². The van der Waals surface area contributed by atoms with E-state index in [1.165, 1.54) is 24.3 Å². The molecule has 0 atom stereocenters. The van der Waals surface area contributed by atoms with E-state index in [1.807, 2.05) is 69.1 Å². The Morgan fingerprint density at radius 1 is 0.515 bits per heavy atom. The molecule has 30 heteroatoms. The highest BCUT2D eigenvalue weighted by atomic mass is 19.4. The molecule has 2 saturated heterocycles. The van der Waals surface area contributed by atoms with Crippen molar-refractivity contribution in [2.24, 2.45) is 19.8 Å². The third-order valence-electron chi connectivity index (χ3n) is 19.3. The second-order valence-electron chi connectivity index (χ2n) is 28.5. The number of aromatic nitrogens is 8. The van der Waals surface area contributed by atoms with Crippen molar-refractivity contribution in [3.63, 3.8) is 0 Å². The van der Waals surface area contributed by atoms with Crippen LogP contribution in [0.15, 0.2) is 85.2 Å². The molecule has 2 aliphatic carbocycles. The van der Waals surface area contributed by atoms with E-state index < -0.39 is 47.2 Å². The standard InChI is InChI=1S/C39H51F3N10O3.C34H43F3N10O/c1-7-24-18-26(19-27-22-43-35(48-34(24)27)44-28-10-12-29(13-11-28)46-37(54)55-38(2,3)4)32-21-33(49-51(32)6)47-36(53)45-30-9-8-25(31(20-30)39(40,41)42)23-52-16-14-50(5)15-17-52;1-4-21-15-23(16-24-19-39-32(43-31(21)24)40-26-9-6-25(38)7-10-26)29-18-30(44-46(29)3)42-33(48)41-27-8-5-22(28(17-27)34(35,36)37)20-47-13-11-45(2)12-14-47/h8-9,18-22,28-29H,7,10-17,23H2,1-6H3,(H,46,54)(H,43,44,48)(H2,45,47,49,53);5,8,15-19,25-26H,4,6-7,9-14,20,38H2,1-3H3,(H,39,40,43)(H2,41,42,44,48). The van der Waals surface area contributed by atoms with E-state index in [4.69, 9.17) is 20.4 Å². The number of alkyl carbamates (subject to hydrolysis) is 1. The summed E-state index contributed by atoms with van der Waals surface area (Å²) in [4.78, 5) is 65.3. The lowest BCUT2D eigenvalue weighted by Crippen LogP contribution is -2.44. The quantitative estimate of drug-likeness (QED) is 0.0394. The zero-order valence-electron chi connectivity index (χ0n) is 59.9. The number of carbonyl (C=O) groups is 3. The molecule has 12 rings (SSSR count). The largest absolute Gasteiger partial charge is 0.444 e. The Morgan fingerprint density at radius 3 is 1.30 bits per heavy atom. The van der Waals surface area contributed by atoms with Gasteiger partial charge in [0.05, 0.1) is 33.5 Å². The van der Waals surface area contributed by atoms with E-state index in [-0.39, 0.29) is 65.4 Å². The topological polar surface area (TPSA) is 271 Å². The van der Waals surface area contributed by atoms with Gasteiger partial charge < -0.3 is 46.9 Å². The Labute approximate surface area is 595 Å². The SMILES string of the molecule is CCc1cc(-c2cc(NC(=O)Nc3ccc(CN4CCN(C)CC4)c(C(F)(F)F)c3)nn2C)cc2cnc(NC3CCC(N)CC3)nc12.CCc1cc(-c2cc(NC(=O)Nc3ccc(CN4CCN(C)CC4)c(C(F)(F)F)c3)nn2C)cc2cnc(NC3CCC(NC(=O)OC(C)(C)C)CC3)nc12. The number of likely N-dealkylation sites (N-methyl/N-ethyl adjacent to an activating group) is 2. The Morgan fingerprint density at radius 2 is 0.913 bits per heavy atom. The summed E-state index contributed by atoms with van der Waals surface area (Å²) in [5, 5.41) is 30.9. The van der Waals surface area contributed by atoms with Gasteiger partial charge in [0.15, 0.2) is 11.6 Å². The maximum Gasteiger partial charge on any atom is 0.416 e. The highest BCUT2D eigenvalue weighted by Crippen LogP contribution is 2.38. The molecule has 0 radical (unpaired) electrons. The fraction of sp³-hybridized carbons (Fsp3) is 0.493. The third kappa shape index (κ3) is 19.9. The van der Waals surface area contributed by atoms with Gasteiger partial charge in [-0.2, -0.15) is 36.5 Å². The molecule has 0 bridgehead atoms. The first-order valence-corrected chi connectivity index (χ1v) is 35.3. The van der Waals surface area contributed by atoms with Gasteiger partial charge in [0.1, 0.15) is 5.60 Å². The first-order valence-electron chi connectivity index (χ1n) is 35.3. The van der Waals surface area contributed by atoms with Crippen LogP contribution in [-0.4, -0.2) is 173 Å². The number of hydrogen-bond acceptors (Lipinski definition) is 17. The van der Waals surface area contributed by atoms with Gasteiger partial charge in [-0.1, -0.05) is 26.0 Å². The summed E-state index contributed by atoms with van der Waals surface area (Å²) in [5.41, 5.74) is 11.4. The molecule has 24 nitrogen and oxygen atoms in total. The zero-order chi connectivity index (χ0) is 73.5. The van der Waals surface area contributed by atoms with Gasteiger partial charge in [0, 0.05) is 162 Å². The maximum atomic E-state index is 14.1. The zero-order valence-corrected chi connectivity index (χ0v) is 59.9. The highest BCUT2D eigenvalue weighted by Gasteiger charge is 2.36. The minimum atomic E-state index is -4.57. The van der Waals surface area contributed by atoms with Gasteiger partial charge in [-0.25, -0.2) is 34.3 Å². The minimum Gasteiger partial charge on any atom is -0.444 e. The monoisotopic (exact) mass is 1430 g/mol. The van der Waals surface area contributed by atoms with Crippen molar-refractivity contribution in [1.82, 2.24) is 64.4 Å². The number of amides is 5. The van der Waals surface area contributed by atoms with Crippen LogP contribution >= 0.6 is 0 Å². The van der Waals surface area contributed by atoms with E-state index >= 15 is 0 Å². The summed E-state index contributed by atoms with van der Waals surface area (Å²) < 4.78 is 93.1. The number of urea groups is 2. The lowest BCUT2D eigenvalue weighted by molar-refractivity contribution is -0.139. The molecule has 4 fully saturated rings. The van der Waals surface area contributed by atoms with Crippen molar-refractivity contribution < 1.29 is 45.5 Å². The van der Waals surface area contributed by atoms with Crippen molar-refractivity contribution in [3.05, 3.63) is 119 Å². The lowest BCUT2D eigenvalue weighted by Gasteiger charge is -2.33. The average molecular weight is 1430 g/mol. The molecule has 0 spiro atoms. The summed E-state index contributed by atoms with van der Waals surface area (Å²) in [6.07, 6.45) is 2.86. The molecule has 6 heterocycles. The van der Waals surface area contributed by atoms with Crippen LogP contribution in [0.25, 0.3) is 44.3 Å². The number of nitrogens with zero attached hydrogens (tertiary/aromatic N) is 12. The molecule has 4 aromatic carbocycles. The van der Waals surface area contributed by atoms with Crippen molar-refractivity contribution in [2.45, 2.75) is 154 Å². The van der Waals surface area contributed by atoms with Crippen molar-refractivity contribution >= 4 is 74.9 Å². The van der Waals surface area contributed by atoms with Crippen molar-refractivity contribution in [3.8, 4) is 22.5 Å². The van der Waals surface area contributed by atoms with E-state index in [9.17, 15) is 40.7 Å². The number of halogens is 6. The van der Waals surface area contributed by atoms with Gasteiger partial charge in [0.2, 0.25) is 11.9 Å². The Balaban J connectivity index is 0.000000208. The van der Waals surface area contributed by atoms with Gasteiger partial charge in [-0.3, -0.25) is 29.8 Å². The second kappa shape index (κ2) is 32.2. The molecular formula is C73H94F6N20O4. The fourth-order valence-electron chi connectivity index (χ4n) is 13.7. The van der Waals surface area contributed by atoms with Crippen LogP contribution < -0.4 is 43.0 Å². The van der Waals surface area contributed by atoms with Crippen LogP contribution in [0.5, 0.6) is 0 Å². The van der Waals surface area contributed by atoms with Crippen LogP contribution in [0, 0.1) is 0 Å². The average Bonchev–Trinajstić information content (AvgIpc) is 1.77. The number of fused-ring (bicyclic) bond motifs is 2. The fourth-order valence-corrected chi connectivity index (χ4v) is 13.7. The number of piperazine rings is 2. The van der Waals surface area contributed by atoms with Gasteiger partial charge >= 0.3 is 30.5 Å². The number of hydrogen-bond donors (Lipinski definition) is 8. The van der Waals surface area contributed by atoms with Gasteiger partial charge in [0.25, 0.3) is 0 Å². The molecule has 5 amide bonds. The normalized spacial score (nSPS) is 19.0. The summed E-state index contributed by atoms with van der Waals surface area (Å²) in [6.45, 7) is 16.0. The maximum absolute atomic E-state index is 14.1. The van der Waals surface area contributed by atoms with Gasteiger partial charge in [-0.05, 0) is 170 Å². The third-order valence-corrected chi connectivity index (χ3v) is 19.3. The number of alkyl halides is 6. The molecule has 0 unspecified atom stereocenters. The van der Waals surface area contributed by atoms with Crippen LogP contribution in [0.2, 0.25) is 0 Å². The van der Waals surface area contributed by atoms with Gasteiger partial charge in [-0.15, -0.1) is 0 Å². The Kier molecular flexibility index (Phi) is 23.4. The molecule has 9 N–H and O–H groups in total. The summed E-state index contributed by atoms with van der Waals surface area (Å²) in [7, 11) is 7.51. The number of benzene rings is 4. The molecule has 2 aliphatic heterocycles. The van der Waals surface area contributed by atoms with Crippen LogP contribution in [0.4, 0.5) is 75.6 Å². The van der Waals surface area contributed by atoms with E-state index in [2.05, 4.69) is 87.1 Å². The van der Waals surface area contributed by atoms with Crippen LogP contribution in [0.1, 0.15) is 119 Å². The van der Waals surface area contributed by atoms with E-state index in [1.54, 1.807) is 41.8 Å². The highest BCUT2D eigenvalue weighted by molar-refractivity contribution is 6.01. The lowest BCUT2D eigenvalue weighted by atomic mass is 9.91. The number of ether oxygens (including phenoxy) is 1. The summed E-state index contributed by atoms with van der Waals surface area (Å²) in [6, 6.07) is 18.7. The molecule has 8 aromatic rings. The summed E-state index contributed by atoms with van der Waals surface area (Å²) >= 11 is 0. The smallest absolute Gasteiger partial charge is 0.416 e. The molecule has 552 valence electrons. The number of aryl methyl sites for hydroxylation is 4.